The average molecular weight is 511 g/mol. The first-order valence-corrected chi connectivity index (χ1v) is 11.5. The van der Waals surface area contributed by atoms with Gasteiger partial charge in [0.05, 0.1) is 4.88 Å². The van der Waals surface area contributed by atoms with Crippen molar-refractivity contribution in [1.29, 1.82) is 0 Å². The van der Waals surface area contributed by atoms with E-state index in [1.807, 2.05) is 30.5 Å². The van der Waals surface area contributed by atoms with E-state index in [0.29, 0.717) is 14.9 Å². The molecule has 32 heavy (non-hydrogen) atoms. The number of para-hydroxylation sites is 1. The van der Waals surface area contributed by atoms with Crippen LogP contribution in [0.1, 0.15) is 25.6 Å². The number of benzene rings is 2. The first-order chi connectivity index (χ1) is 15.5. The van der Waals surface area contributed by atoms with E-state index in [4.69, 9.17) is 4.74 Å². The van der Waals surface area contributed by atoms with Crippen LogP contribution in [0.25, 0.3) is 10.9 Å². The van der Waals surface area contributed by atoms with Gasteiger partial charge >= 0.3 is 5.97 Å². The Hall–Kier alpha value is -3.23. The minimum Gasteiger partial charge on any atom is -0.456 e. The van der Waals surface area contributed by atoms with Crippen LogP contribution in [0, 0.1) is 0 Å². The molecular formula is C24H19BrN2O4S. The van der Waals surface area contributed by atoms with Crippen LogP contribution in [0.2, 0.25) is 0 Å². The van der Waals surface area contributed by atoms with Gasteiger partial charge < -0.3 is 15.0 Å². The summed E-state index contributed by atoms with van der Waals surface area (Å²) in [5.41, 5.74) is 2.23. The number of aromatic amines is 1. The summed E-state index contributed by atoms with van der Waals surface area (Å²) in [7, 11) is 0. The Morgan fingerprint density at radius 1 is 1.03 bits per heavy atom. The number of H-pyrrole nitrogens is 1. The third kappa shape index (κ3) is 4.98. The molecule has 2 N–H and O–H groups in total. The Bertz CT molecular complexity index is 1270. The van der Waals surface area contributed by atoms with Gasteiger partial charge in [-0.2, -0.15) is 0 Å². The van der Waals surface area contributed by atoms with E-state index in [9.17, 15) is 14.4 Å². The van der Waals surface area contributed by atoms with E-state index < -0.39 is 18.6 Å². The van der Waals surface area contributed by atoms with Crippen molar-refractivity contribution >= 4 is 55.8 Å². The molecule has 0 unspecified atom stereocenters. The molecule has 0 saturated heterocycles. The van der Waals surface area contributed by atoms with Gasteiger partial charge in [0.2, 0.25) is 5.78 Å². The van der Waals surface area contributed by atoms with Gasteiger partial charge in [-0.1, -0.05) is 58.4 Å². The van der Waals surface area contributed by atoms with Crippen molar-refractivity contribution in [1.82, 2.24) is 10.3 Å². The van der Waals surface area contributed by atoms with Gasteiger partial charge in [-0.3, -0.25) is 9.59 Å². The second-order valence-corrected chi connectivity index (χ2v) is 8.88. The molecule has 4 aromatic rings. The van der Waals surface area contributed by atoms with Crippen molar-refractivity contribution in [2.45, 2.75) is 12.5 Å². The third-order valence-electron chi connectivity index (χ3n) is 4.95. The van der Waals surface area contributed by atoms with E-state index in [1.54, 1.807) is 41.8 Å². The van der Waals surface area contributed by atoms with Gasteiger partial charge in [0.15, 0.2) is 6.61 Å². The number of hydrogen-bond acceptors (Lipinski definition) is 5. The zero-order valence-electron chi connectivity index (χ0n) is 16.8. The number of esters is 1. The van der Waals surface area contributed by atoms with Crippen LogP contribution < -0.4 is 5.32 Å². The second-order valence-electron chi connectivity index (χ2n) is 7.08. The summed E-state index contributed by atoms with van der Waals surface area (Å²) in [5.74, 6) is -1.36. The standard InChI is InChI=1S/C24H19BrN2O4S/c25-18-8-3-1-7-17(18)21(28)14-31-24(30)20(27-23(29)22-10-5-11-32-22)12-15-13-26-19-9-4-2-6-16(15)19/h1-11,13,20,26H,12,14H2,(H,27,29)/t20-/m1/s1. The highest BCUT2D eigenvalue weighted by atomic mass is 79.9. The van der Waals surface area contributed by atoms with Crippen molar-refractivity contribution in [3.63, 3.8) is 0 Å². The lowest BCUT2D eigenvalue weighted by atomic mass is 10.0. The maximum Gasteiger partial charge on any atom is 0.329 e. The third-order valence-corrected chi connectivity index (χ3v) is 6.51. The van der Waals surface area contributed by atoms with Gasteiger partial charge in [-0.15, -0.1) is 11.3 Å². The summed E-state index contributed by atoms with van der Waals surface area (Å²) in [5, 5.41) is 5.51. The lowest BCUT2D eigenvalue weighted by molar-refractivity contribution is -0.144. The number of carbonyl (C=O) groups is 3. The highest BCUT2D eigenvalue weighted by Crippen LogP contribution is 2.20. The highest BCUT2D eigenvalue weighted by molar-refractivity contribution is 9.10. The van der Waals surface area contributed by atoms with E-state index >= 15 is 0 Å². The monoisotopic (exact) mass is 510 g/mol. The summed E-state index contributed by atoms with van der Waals surface area (Å²) in [4.78, 5) is 41.7. The Kier molecular flexibility index (Phi) is 6.82. The minimum atomic E-state index is -0.948. The summed E-state index contributed by atoms with van der Waals surface area (Å²) in [6.07, 6.45) is 2.04. The maximum absolute atomic E-state index is 12.9. The average Bonchev–Trinajstić information content (AvgIpc) is 3.48. The molecule has 0 aliphatic rings. The molecule has 1 amide bonds. The lowest BCUT2D eigenvalue weighted by Crippen LogP contribution is -2.43. The number of ketones is 1. The largest absolute Gasteiger partial charge is 0.456 e. The van der Waals surface area contributed by atoms with Crippen LogP contribution in [0.15, 0.2) is 76.7 Å². The first kappa shape index (κ1) is 22.0. The minimum absolute atomic E-state index is 0.225. The Morgan fingerprint density at radius 3 is 2.59 bits per heavy atom. The van der Waals surface area contributed by atoms with Crippen molar-refractivity contribution in [3.05, 3.63) is 92.7 Å². The van der Waals surface area contributed by atoms with Crippen LogP contribution in [-0.4, -0.2) is 35.3 Å². The molecule has 1 atom stereocenters. The van der Waals surface area contributed by atoms with Crippen molar-refractivity contribution in [3.8, 4) is 0 Å². The number of Topliss-reactive ketones (excluding diaryl/α,β-unsaturated/α-hetero) is 1. The number of aromatic nitrogens is 1. The molecular weight excluding hydrogens is 492 g/mol. The topological polar surface area (TPSA) is 88.3 Å². The zero-order valence-corrected chi connectivity index (χ0v) is 19.2. The number of hydrogen-bond donors (Lipinski definition) is 2. The summed E-state index contributed by atoms with van der Waals surface area (Å²) in [6.45, 7) is -0.416. The number of carbonyl (C=O) groups excluding carboxylic acids is 3. The van der Waals surface area contributed by atoms with Crippen LogP contribution in [0.3, 0.4) is 0 Å². The van der Waals surface area contributed by atoms with Crippen LogP contribution in [0.5, 0.6) is 0 Å². The lowest BCUT2D eigenvalue weighted by Gasteiger charge is -2.17. The van der Waals surface area contributed by atoms with Gasteiger partial charge in [0.1, 0.15) is 6.04 Å². The van der Waals surface area contributed by atoms with Crippen molar-refractivity contribution in [2.24, 2.45) is 0 Å². The Morgan fingerprint density at radius 2 is 1.81 bits per heavy atom. The fourth-order valence-corrected chi connectivity index (χ4v) is 4.49. The normalized spacial score (nSPS) is 11.8. The van der Waals surface area contributed by atoms with Crippen LogP contribution >= 0.6 is 27.3 Å². The number of nitrogens with one attached hydrogen (secondary N) is 2. The summed E-state index contributed by atoms with van der Waals surface area (Å²) < 4.78 is 5.95. The van der Waals surface area contributed by atoms with Crippen molar-refractivity contribution < 1.29 is 19.1 Å². The molecule has 162 valence electrons. The fraction of sp³-hybridized carbons (Fsp3) is 0.125. The number of ether oxygens (including phenoxy) is 1. The van der Waals surface area contributed by atoms with Gasteiger partial charge in [0.25, 0.3) is 5.91 Å². The van der Waals surface area contributed by atoms with Gasteiger partial charge in [-0.05, 0) is 29.1 Å². The van der Waals surface area contributed by atoms with E-state index in [2.05, 4.69) is 26.2 Å². The van der Waals surface area contributed by atoms with E-state index in [0.717, 1.165) is 16.5 Å². The van der Waals surface area contributed by atoms with Crippen molar-refractivity contribution in [2.75, 3.05) is 6.61 Å². The number of halogens is 1. The van der Waals surface area contributed by atoms with Crippen LogP contribution in [-0.2, 0) is 16.0 Å². The molecule has 0 fully saturated rings. The molecule has 0 saturated carbocycles. The zero-order chi connectivity index (χ0) is 22.5. The predicted octanol–water partition coefficient (Wildman–Crippen LogP) is 4.76. The highest BCUT2D eigenvalue weighted by Gasteiger charge is 2.26. The smallest absolute Gasteiger partial charge is 0.329 e. The molecule has 2 heterocycles. The number of fused-ring (bicyclic) bond motifs is 1. The second kappa shape index (κ2) is 9.93. The fourth-order valence-electron chi connectivity index (χ4n) is 3.35. The molecule has 0 bridgehead atoms. The number of thiophene rings is 1. The molecule has 0 aliphatic carbocycles. The van der Waals surface area contributed by atoms with Gasteiger partial charge in [-0.25, -0.2) is 4.79 Å². The summed E-state index contributed by atoms with van der Waals surface area (Å²) in [6, 6.07) is 17.1. The molecule has 0 aliphatic heterocycles. The predicted molar refractivity (Wildman–Crippen MR) is 127 cm³/mol. The molecule has 0 spiro atoms. The molecule has 4 rings (SSSR count). The molecule has 2 aromatic heterocycles. The molecule has 0 radical (unpaired) electrons. The number of rotatable bonds is 8. The molecule has 8 heteroatoms. The van der Waals surface area contributed by atoms with E-state index in [-0.39, 0.29) is 18.1 Å². The van der Waals surface area contributed by atoms with E-state index in [1.165, 1.54) is 11.3 Å². The molecule has 2 aromatic carbocycles. The Labute approximate surface area is 196 Å². The maximum atomic E-state index is 12.9. The summed E-state index contributed by atoms with van der Waals surface area (Å²) >= 11 is 4.61. The quantitative estimate of drug-likeness (QED) is 0.264. The molecule has 6 nitrogen and oxygen atoms in total. The number of amides is 1. The Balaban J connectivity index is 1.51. The first-order valence-electron chi connectivity index (χ1n) is 9.86. The van der Waals surface area contributed by atoms with Crippen LogP contribution in [0.4, 0.5) is 0 Å². The SMILES string of the molecule is O=C(N[C@H](Cc1c[nH]c2ccccc12)C(=O)OCC(=O)c1ccccc1Br)c1cccs1. The van der Waals surface area contributed by atoms with Gasteiger partial charge in [0, 0.05) is 33.6 Å².